The number of rotatable bonds is 10. The zero-order chi connectivity index (χ0) is 17.2. The van der Waals surface area contributed by atoms with Gasteiger partial charge in [0, 0.05) is 5.02 Å². The molecule has 3 heteroatoms. The zero-order valence-electron chi connectivity index (χ0n) is 14.8. The minimum atomic E-state index is 0.519. The molecule has 0 heterocycles. The lowest BCUT2D eigenvalue weighted by molar-refractivity contribution is 0.393. The van der Waals surface area contributed by atoms with E-state index in [0.717, 1.165) is 37.5 Å². The normalized spacial score (nSPS) is 12.5. The Labute approximate surface area is 151 Å². The van der Waals surface area contributed by atoms with Crippen LogP contribution in [0.1, 0.15) is 29.9 Å². The molecule has 0 saturated heterocycles. The quantitative estimate of drug-likeness (QED) is 0.634. The summed E-state index contributed by atoms with van der Waals surface area (Å²) in [7, 11) is 4.24. The molecule has 1 atom stereocenters. The van der Waals surface area contributed by atoms with Crippen LogP contribution in [0.4, 0.5) is 0 Å². The second-order valence-electron chi connectivity index (χ2n) is 6.63. The number of benzene rings is 2. The van der Waals surface area contributed by atoms with Crippen LogP contribution in [-0.4, -0.2) is 38.6 Å². The van der Waals surface area contributed by atoms with Crippen LogP contribution in [0.2, 0.25) is 5.02 Å². The summed E-state index contributed by atoms with van der Waals surface area (Å²) in [4.78, 5) is 2.23. The molecule has 2 aromatic carbocycles. The molecule has 0 aromatic heterocycles. The Hall–Kier alpha value is -1.35. The van der Waals surface area contributed by atoms with E-state index < -0.39 is 0 Å². The summed E-state index contributed by atoms with van der Waals surface area (Å²) in [5.74, 6) is 0.519. The zero-order valence-corrected chi connectivity index (χ0v) is 15.6. The predicted molar refractivity (Wildman–Crippen MR) is 105 cm³/mol. The highest BCUT2D eigenvalue weighted by Crippen LogP contribution is 2.25. The van der Waals surface area contributed by atoms with Gasteiger partial charge in [-0.05, 0) is 82.2 Å². The van der Waals surface area contributed by atoms with Crippen LogP contribution in [-0.2, 0) is 6.42 Å². The molecule has 0 spiro atoms. The summed E-state index contributed by atoms with van der Waals surface area (Å²) >= 11 is 6.05. The minimum Gasteiger partial charge on any atom is -0.317 e. The number of nitrogens with zero attached hydrogens (tertiary/aromatic N) is 1. The van der Waals surface area contributed by atoms with Crippen molar-refractivity contribution in [3.05, 3.63) is 70.7 Å². The van der Waals surface area contributed by atoms with Gasteiger partial charge >= 0.3 is 0 Å². The van der Waals surface area contributed by atoms with Crippen molar-refractivity contribution in [2.75, 3.05) is 33.7 Å². The van der Waals surface area contributed by atoms with Gasteiger partial charge in [-0.2, -0.15) is 0 Å². The maximum Gasteiger partial charge on any atom is 0.0406 e. The first-order valence-corrected chi connectivity index (χ1v) is 9.18. The van der Waals surface area contributed by atoms with E-state index in [4.69, 9.17) is 11.6 Å². The third kappa shape index (κ3) is 7.04. The summed E-state index contributed by atoms with van der Waals surface area (Å²) in [6.07, 6.45) is 3.40. The van der Waals surface area contributed by atoms with E-state index in [2.05, 4.69) is 66.8 Å². The standard InChI is InChI=1S/C21H29ClN2/c1-24(2)16-6-14-23-15-13-20(17-18-7-4-3-5-8-18)19-9-11-21(22)12-10-19/h3-5,7-12,20,23H,6,13-17H2,1-2H3/t20-/m0/s1. The Morgan fingerprint density at radius 1 is 0.958 bits per heavy atom. The van der Waals surface area contributed by atoms with Gasteiger partial charge in [-0.3, -0.25) is 0 Å². The summed E-state index contributed by atoms with van der Waals surface area (Å²) in [5.41, 5.74) is 2.77. The highest BCUT2D eigenvalue weighted by molar-refractivity contribution is 6.30. The molecule has 0 saturated carbocycles. The third-order valence-corrected chi connectivity index (χ3v) is 4.55. The van der Waals surface area contributed by atoms with Crippen LogP contribution in [0.15, 0.2) is 54.6 Å². The van der Waals surface area contributed by atoms with Crippen molar-refractivity contribution in [1.82, 2.24) is 10.2 Å². The number of halogens is 1. The Bertz CT molecular complexity index is 566. The van der Waals surface area contributed by atoms with Gasteiger partial charge in [-0.15, -0.1) is 0 Å². The molecule has 130 valence electrons. The molecule has 0 aliphatic carbocycles. The lowest BCUT2D eigenvalue weighted by Gasteiger charge is -2.18. The smallest absolute Gasteiger partial charge is 0.0406 e. The van der Waals surface area contributed by atoms with Crippen LogP contribution in [0.25, 0.3) is 0 Å². The fraction of sp³-hybridized carbons (Fsp3) is 0.429. The largest absolute Gasteiger partial charge is 0.317 e. The summed E-state index contributed by atoms with van der Waals surface area (Å²) in [5, 5.41) is 4.39. The van der Waals surface area contributed by atoms with Crippen LogP contribution in [0.3, 0.4) is 0 Å². The van der Waals surface area contributed by atoms with E-state index in [1.807, 2.05) is 12.1 Å². The van der Waals surface area contributed by atoms with Gasteiger partial charge in [-0.25, -0.2) is 0 Å². The van der Waals surface area contributed by atoms with Gasteiger partial charge < -0.3 is 10.2 Å². The fourth-order valence-electron chi connectivity index (χ4n) is 2.94. The molecule has 0 fully saturated rings. The lowest BCUT2D eigenvalue weighted by Crippen LogP contribution is -2.23. The highest BCUT2D eigenvalue weighted by atomic mass is 35.5. The van der Waals surface area contributed by atoms with Crippen LogP contribution >= 0.6 is 11.6 Å². The summed E-state index contributed by atoms with van der Waals surface area (Å²) in [6, 6.07) is 19.1. The molecule has 1 N–H and O–H groups in total. The van der Waals surface area contributed by atoms with E-state index in [1.54, 1.807) is 0 Å². The van der Waals surface area contributed by atoms with Gasteiger partial charge in [0.2, 0.25) is 0 Å². The number of hydrogen-bond acceptors (Lipinski definition) is 2. The molecule has 0 radical (unpaired) electrons. The van der Waals surface area contributed by atoms with E-state index in [-0.39, 0.29) is 0 Å². The SMILES string of the molecule is CN(C)CCCNCC[C@@H](Cc1ccccc1)c1ccc(Cl)cc1. The molecule has 0 unspecified atom stereocenters. The van der Waals surface area contributed by atoms with E-state index in [9.17, 15) is 0 Å². The van der Waals surface area contributed by atoms with Gasteiger partial charge in [0.05, 0.1) is 0 Å². The maximum absolute atomic E-state index is 6.05. The van der Waals surface area contributed by atoms with Gasteiger partial charge in [-0.1, -0.05) is 54.1 Å². The van der Waals surface area contributed by atoms with Gasteiger partial charge in [0.1, 0.15) is 0 Å². The molecule has 0 bridgehead atoms. The molecule has 2 aromatic rings. The average Bonchev–Trinajstić information content (AvgIpc) is 2.58. The second-order valence-corrected chi connectivity index (χ2v) is 7.07. The van der Waals surface area contributed by atoms with E-state index in [1.165, 1.54) is 17.5 Å². The van der Waals surface area contributed by atoms with E-state index in [0.29, 0.717) is 5.92 Å². The Balaban J connectivity index is 1.89. The first-order chi connectivity index (χ1) is 11.6. The van der Waals surface area contributed by atoms with Crippen molar-refractivity contribution in [2.45, 2.75) is 25.2 Å². The minimum absolute atomic E-state index is 0.519. The van der Waals surface area contributed by atoms with Gasteiger partial charge in [0.25, 0.3) is 0 Å². The van der Waals surface area contributed by atoms with Crippen molar-refractivity contribution < 1.29 is 0 Å². The van der Waals surface area contributed by atoms with Crippen LogP contribution in [0.5, 0.6) is 0 Å². The molecule has 0 aliphatic heterocycles. The first kappa shape index (κ1) is 19.0. The lowest BCUT2D eigenvalue weighted by atomic mass is 9.89. The van der Waals surface area contributed by atoms with Crippen LogP contribution in [0, 0.1) is 0 Å². The fourth-order valence-corrected chi connectivity index (χ4v) is 3.07. The molecular weight excluding hydrogens is 316 g/mol. The first-order valence-electron chi connectivity index (χ1n) is 8.80. The van der Waals surface area contributed by atoms with Gasteiger partial charge in [0.15, 0.2) is 0 Å². The Kier molecular flexibility index (Phi) is 8.31. The van der Waals surface area contributed by atoms with Crippen molar-refractivity contribution in [3.63, 3.8) is 0 Å². The molecule has 0 amide bonds. The van der Waals surface area contributed by atoms with E-state index >= 15 is 0 Å². The maximum atomic E-state index is 6.05. The van der Waals surface area contributed by atoms with Crippen molar-refractivity contribution in [2.24, 2.45) is 0 Å². The molecular formula is C21H29ClN2. The molecule has 2 rings (SSSR count). The van der Waals surface area contributed by atoms with Crippen molar-refractivity contribution >= 4 is 11.6 Å². The van der Waals surface area contributed by atoms with Crippen molar-refractivity contribution in [1.29, 1.82) is 0 Å². The van der Waals surface area contributed by atoms with Crippen LogP contribution < -0.4 is 5.32 Å². The summed E-state index contributed by atoms with van der Waals surface area (Å²) < 4.78 is 0. The molecule has 2 nitrogen and oxygen atoms in total. The number of nitrogens with one attached hydrogen (secondary N) is 1. The highest BCUT2D eigenvalue weighted by Gasteiger charge is 2.12. The second kappa shape index (κ2) is 10.5. The number of hydrogen-bond donors (Lipinski definition) is 1. The monoisotopic (exact) mass is 344 g/mol. The Morgan fingerprint density at radius 3 is 2.33 bits per heavy atom. The topological polar surface area (TPSA) is 15.3 Å². The average molecular weight is 345 g/mol. The van der Waals surface area contributed by atoms with Crippen molar-refractivity contribution in [3.8, 4) is 0 Å². The molecule has 0 aliphatic rings. The third-order valence-electron chi connectivity index (χ3n) is 4.29. The Morgan fingerprint density at radius 2 is 1.67 bits per heavy atom. The summed E-state index contributed by atoms with van der Waals surface area (Å²) in [6.45, 7) is 3.27. The molecule has 24 heavy (non-hydrogen) atoms. The predicted octanol–water partition coefficient (Wildman–Crippen LogP) is 4.60.